The van der Waals surface area contributed by atoms with Gasteiger partial charge in [0, 0.05) is 19.6 Å². The van der Waals surface area contributed by atoms with Gasteiger partial charge in [-0.3, -0.25) is 10.1 Å². The number of nitro groups is 1. The lowest BCUT2D eigenvalue weighted by Gasteiger charge is -2.21. The lowest BCUT2D eigenvalue weighted by atomic mass is 10.2. The van der Waals surface area contributed by atoms with Gasteiger partial charge in [-0.25, -0.2) is 4.98 Å². The van der Waals surface area contributed by atoms with Crippen LogP contribution in [0.15, 0.2) is 12.1 Å². The Bertz CT molecular complexity index is 456. The van der Waals surface area contributed by atoms with Crippen LogP contribution < -0.4 is 10.2 Å². The summed E-state index contributed by atoms with van der Waals surface area (Å²) in [4.78, 5) is 17.4. The summed E-state index contributed by atoms with van der Waals surface area (Å²) in [5.74, 6) is 1.32. The molecule has 1 N–H and O–H groups in total. The molecule has 0 saturated carbocycles. The van der Waals surface area contributed by atoms with Gasteiger partial charge in [-0.15, -0.1) is 0 Å². The summed E-state index contributed by atoms with van der Waals surface area (Å²) in [6, 6.07) is 3.10. The molecule has 110 valence electrons. The van der Waals surface area contributed by atoms with E-state index in [1.807, 2.05) is 0 Å². The minimum Gasteiger partial charge on any atom is -0.370 e. The summed E-state index contributed by atoms with van der Waals surface area (Å²) >= 11 is 0. The van der Waals surface area contributed by atoms with Crippen LogP contribution in [0.3, 0.4) is 0 Å². The third-order valence-corrected chi connectivity index (χ3v) is 3.49. The van der Waals surface area contributed by atoms with Gasteiger partial charge in [0.05, 0.1) is 17.1 Å². The fourth-order valence-electron chi connectivity index (χ4n) is 2.41. The molecule has 0 bridgehead atoms. The van der Waals surface area contributed by atoms with E-state index >= 15 is 0 Å². The van der Waals surface area contributed by atoms with Crippen molar-refractivity contribution in [1.82, 2.24) is 4.98 Å². The lowest BCUT2D eigenvalue weighted by molar-refractivity contribution is -0.384. The summed E-state index contributed by atoms with van der Waals surface area (Å²) < 4.78 is 0. The van der Waals surface area contributed by atoms with E-state index in [9.17, 15) is 10.1 Å². The molecule has 1 aliphatic rings. The fraction of sp³-hybridized carbons (Fsp3) is 0.643. The van der Waals surface area contributed by atoms with Crippen molar-refractivity contribution in [2.45, 2.75) is 39.0 Å². The predicted octanol–water partition coefficient (Wildman–Crippen LogP) is 3.19. The molecular formula is C14H22N4O2. The number of hydrogen-bond acceptors (Lipinski definition) is 5. The number of nitrogens with one attached hydrogen (secondary N) is 1. The van der Waals surface area contributed by atoms with Crippen LogP contribution in [0.1, 0.15) is 39.0 Å². The molecule has 0 radical (unpaired) electrons. The first-order valence-electron chi connectivity index (χ1n) is 7.36. The second-order valence-electron chi connectivity index (χ2n) is 5.15. The molecule has 6 nitrogen and oxygen atoms in total. The van der Waals surface area contributed by atoms with Gasteiger partial charge >= 0.3 is 0 Å². The number of aromatic nitrogens is 1. The quantitative estimate of drug-likeness (QED) is 0.661. The summed E-state index contributed by atoms with van der Waals surface area (Å²) in [5, 5.41) is 14.2. The zero-order valence-corrected chi connectivity index (χ0v) is 12.0. The van der Waals surface area contributed by atoms with Gasteiger partial charge in [0.15, 0.2) is 0 Å². The molecule has 2 rings (SSSR count). The highest BCUT2D eigenvalue weighted by molar-refractivity contribution is 5.56. The Kier molecular flexibility index (Phi) is 5.15. The number of anilines is 2. The Morgan fingerprint density at radius 2 is 2.00 bits per heavy atom. The van der Waals surface area contributed by atoms with E-state index in [0.29, 0.717) is 5.82 Å². The minimum absolute atomic E-state index is 0.109. The summed E-state index contributed by atoms with van der Waals surface area (Å²) in [6.07, 6.45) is 5.67. The van der Waals surface area contributed by atoms with Crippen LogP contribution in [-0.4, -0.2) is 29.5 Å². The molecule has 1 aliphatic heterocycles. The molecule has 2 heterocycles. The monoisotopic (exact) mass is 278 g/mol. The number of nitrogens with zero attached hydrogens (tertiary/aromatic N) is 3. The van der Waals surface area contributed by atoms with Gasteiger partial charge in [-0.1, -0.05) is 19.8 Å². The van der Waals surface area contributed by atoms with Crippen LogP contribution in [0.25, 0.3) is 0 Å². The maximum absolute atomic E-state index is 11.1. The van der Waals surface area contributed by atoms with Crippen LogP contribution >= 0.6 is 0 Å². The SMILES string of the molecule is CCCNc1cc([N+](=O)[O-])cc(N2CCCCCC2)n1. The van der Waals surface area contributed by atoms with E-state index in [1.54, 1.807) is 6.07 Å². The molecular weight excluding hydrogens is 256 g/mol. The van der Waals surface area contributed by atoms with Crippen molar-refractivity contribution >= 4 is 17.3 Å². The lowest BCUT2D eigenvalue weighted by Crippen LogP contribution is -2.25. The molecule has 0 spiro atoms. The molecule has 1 aromatic rings. The Labute approximate surface area is 119 Å². The zero-order valence-electron chi connectivity index (χ0n) is 12.0. The van der Waals surface area contributed by atoms with Crippen molar-refractivity contribution < 1.29 is 4.92 Å². The van der Waals surface area contributed by atoms with Crippen molar-refractivity contribution in [2.75, 3.05) is 29.9 Å². The first-order chi connectivity index (χ1) is 9.70. The van der Waals surface area contributed by atoms with E-state index < -0.39 is 0 Å². The van der Waals surface area contributed by atoms with Gasteiger partial charge in [0.25, 0.3) is 5.69 Å². The largest absolute Gasteiger partial charge is 0.370 e. The molecule has 1 saturated heterocycles. The summed E-state index contributed by atoms with van der Waals surface area (Å²) in [6.45, 7) is 4.69. The second-order valence-corrected chi connectivity index (χ2v) is 5.15. The van der Waals surface area contributed by atoms with E-state index in [1.165, 1.54) is 18.9 Å². The average Bonchev–Trinajstić information content (AvgIpc) is 2.73. The number of pyridine rings is 1. The normalized spacial score (nSPS) is 15.8. The van der Waals surface area contributed by atoms with Crippen LogP contribution in [0, 0.1) is 10.1 Å². The standard InChI is InChI=1S/C14H22N4O2/c1-2-7-15-13-10-12(18(19)20)11-14(16-13)17-8-5-3-4-6-9-17/h10-11H,2-9H2,1H3,(H,15,16). The predicted molar refractivity (Wildman–Crippen MR) is 80.4 cm³/mol. The summed E-state index contributed by atoms with van der Waals surface area (Å²) in [7, 11) is 0. The Balaban J connectivity index is 2.25. The highest BCUT2D eigenvalue weighted by Gasteiger charge is 2.17. The zero-order chi connectivity index (χ0) is 14.4. The van der Waals surface area contributed by atoms with E-state index in [-0.39, 0.29) is 10.6 Å². The van der Waals surface area contributed by atoms with Gasteiger partial charge in [0.2, 0.25) is 0 Å². The molecule has 0 aliphatic carbocycles. The smallest absolute Gasteiger partial charge is 0.276 e. The first kappa shape index (κ1) is 14.6. The minimum atomic E-state index is -0.347. The van der Waals surface area contributed by atoms with Crippen molar-refractivity contribution in [2.24, 2.45) is 0 Å². The van der Waals surface area contributed by atoms with E-state index in [4.69, 9.17) is 0 Å². The highest BCUT2D eigenvalue weighted by atomic mass is 16.6. The molecule has 0 unspecified atom stereocenters. The van der Waals surface area contributed by atoms with Crippen molar-refractivity contribution in [3.63, 3.8) is 0 Å². The van der Waals surface area contributed by atoms with Gasteiger partial charge < -0.3 is 10.2 Å². The molecule has 1 fully saturated rings. The van der Waals surface area contributed by atoms with Crippen molar-refractivity contribution in [3.05, 3.63) is 22.2 Å². The van der Waals surface area contributed by atoms with Crippen molar-refractivity contribution in [3.8, 4) is 0 Å². The first-order valence-corrected chi connectivity index (χ1v) is 7.36. The van der Waals surface area contributed by atoms with Gasteiger partial charge in [-0.05, 0) is 19.3 Å². The molecule has 1 aromatic heterocycles. The maximum Gasteiger partial charge on any atom is 0.276 e. The number of rotatable bonds is 5. The Hall–Kier alpha value is -1.85. The molecule has 6 heteroatoms. The topological polar surface area (TPSA) is 71.3 Å². The van der Waals surface area contributed by atoms with E-state index in [0.717, 1.165) is 44.7 Å². The van der Waals surface area contributed by atoms with Crippen LogP contribution in [-0.2, 0) is 0 Å². The summed E-state index contributed by atoms with van der Waals surface area (Å²) in [5.41, 5.74) is 0.109. The molecule has 0 aromatic carbocycles. The highest BCUT2D eigenvalue weighted by Crippen LogP contribution is 2.25. The Morgan fingerprint density at radius 3 is 2.60 bits per heavy atom. The molecule has 20 heavy (non-hydrogen) atoms. The van der Waals surface area contributed by atoms with Crippen LogP contribution in [0.4, 0.5) is 17.3 Å². The molecule has 0 atom stereocenters. The fourth-order valence-corrected chi connectivity index (χ4v) is 2.41. The average molecular weight is 278 g/mol. The van der Waals surface area contributed by atoms with Crippen molar-refractivity contribution in [1.29, 1.82) is 0 Å². The number of hydrogen-bond donors (Lipinski definition) is 1. The van der Waals surface area contributed by atoms with Gasteiger partial charge in [0.1, 0.15) is 11.6 Å². The second kappa shape index (κ2) is 7.07. The van der Waals surface area contributed by atoms with Gasteiger partial charge in [-0.2, -0.15) is 0 Å². The van der Waals surface area contributed by atoms with E-state index in [2.05, 4.69) is 22.1 Å². The third-order valence-electron chi connectivity index (χ3n) is 3.49. The Morgan fingerprint density at radius 1 is 1.30 bits per heavy atom. The van der Waals surface area contributed by atoms with Crippen LogP contribution in [0.2, 0.25) is 0 Å². The van der Waals surface area contributed by atoms with Crippen LogP contribution in [0.5, 0.6) is 0 Å². The maximum atomic E-state index is 11.1. The molecule has 0 amide bonds. The third kappa shape index (κ3) is 3.82.